The van der Waals surface area contributed by atoms with Crippen LogP contribution in [0.1, 0.15) is 79.1 Å². The molecule has 5 nitrogen and oxygen atoms in total. The number of cyclic esters (lactones) is 1. The molecule has 0 spiro atoms. The first-order valence-electron chi connectivity index (χ1n) is 11.1. The Morgan fingerprint density at radius 3 is 2.67 bits per heavy atom. The molecule has 2 rings (SSSR count). The molecule has 3 N–H and O–H groups in total. The highest BCUT2D eigenvalue weighted by Crippen LogP contribution is 2.42. The van der Waals surface area contributed by atoms with E-state index in [4.69, 9.17) is 4.74 Å². The first kappa shape index (κ1) is 24.6. The third-order valence-electron chi connectivity index (χ3n) is 6.50. The third-order valence-corrected chi connectivity index (χ3v) is 6.50. The molecule has 0 fully saturated rings. The highest BCUT2D eigenvalue weighted by atomic mass is 16.5. The Hall–Kier alpha value is -1.69. The van der Waals surface area contributed by atoms with Crippen molar-refractivity contribution in [3.05, 3.63) is 45.8 Å². The van der Waals surface area contributed by atoms with Crippen LogP contribution in [0, 0.1) is 5.41 Å². The number of aliphatic hydroxyl groups is 3. The molecule has 0 aromatic heterocycles. The van der Waals surface area contributed by atoms with Gasteiger partial charge >= 0.3 is 5.97 Å². The molecule has 2 aliphatic rings. The number of hydrogen-bond donors (Lipinski definition) is 3. The van der Waals surface area contributed by atoms with Gasteiger partial charge in [-0.15, -0.1) is 0 Å². The van der Waals surface area contributed by atoms with Gasteiger partial charge in [0.15, 0.2) is 0 Å². The van der Waals surface area contributed by atoms with Crippen molar-refractivity contribution < 1.29 is 24.9 Å². The summed E-state index contributed by atoms with van der Waals surface area (Å²) in [6, 6.07) is 0. The quantitative estimate of drug-likeness (QED) is 0.399. The Morgan fingerprint density at radius 1 is 1.30 bits per heavy atom. The Labute approximate surface area is 180 Å². The van der Waals surface area contributed by atoms with Gasteiger partial charge in [-0.05, 0) is 75.4 Å². The summed E-state index contributed by atoms with van der Waals surface area (Å²) in [6.45, 7) is 8.50. The fourth-order valence-corrected chi connectivity index (χ4v) is 4.56. The highest BCUT2D eigenvalue weighted by Gasteiger charge is 2.27. The molecule has 0 bridgehead atoms. The van der Waals surface area contributed by atoms with Crippen LogP contribution < -0.4 is 0 Å². The molecule has 1 aliphatic carbocycles. The molecular formula is C25H38O5. The molecule has 1 atom stereocenters. The normalized spacial score (nSPS) is 24.4. The van der Waals surface area contributed by atoms with Crippen LogP contribution >= 0.6 is 0 Å². The summed E-state index contributed by atoms with van der Waals surface area (Å²) < 4.78 is 5.29. The van der Waals surface area contributed by atoms with E-state index in [-0.39, 0.29) is 18.6 Å². The van der Waals surface area contributed by atoms with Gasteiger partial charge in [0.05, 0.1) is 19.3 Å². The monoisotopic (exact) mass is 418 g/mol. The number of esters is 1. The van der Waals surface area contributed by atoms with Gasteiger partial charge < -0.3 is 20.1 Å². The van der Waals surface area contributed by atoms with Crippen LogP contribution in [0.2, 0.25) is 0 Å². The Morgan fingerprint density at radius 2 is 2.03 bits per heavy atom. The molecule has 1 unspecified atom stereocenters. The summed E-state index contributed by atoms with van der Waals surface area (Å²) in [5, 5.41) is 29.2. The smallest absolute Gasteiger partial charge is 0.335 e. The van der Waals surface area contributed by atoms with Gasteiger partial charge in [0.1, 0.15) is 5.76 Å². The minimum absolute atomic E-state index is 0.0826. The van der Waals surface area contributed by atoms with Crippen molar-refractivity contribution in [1.82, 2.24) is 0 Å². The molecule has 0 amide bonds. The molecule has 1 aliphatic heterocycles. The predicted octanol–water partition coefficient (Wildman–Crippen LogP) is 4.49. The van der Waals surface area contributed by atoms with E-state index >= 15 is 0 Å². The SMILES string of the molecule is CC(=CCCC(CO)=C1CC(O)C(CO)=CC(=O)O1)CCC1=C(C)CCCC1(C)C. The van der Waals surface area contributed by atoms with E-state index in [1.54, 1.807) is 11.1 Å². The zero-order valence-electron chi connectivity index (χ0n) is 19.0. The maximum Gasteiger partial charge on any atom is 0.335 e. The molecule has 168 valence electrons. The molecule has 30 heavy (non-hydrogen) atoms. The van der Waals surface area contributed by atoms with Crippen molar-refractivity contribution in [2.24, 2.45) is 5.41 Å². The molecule has 0 aromatic rings. The predicted molar refractivity (Wildman–Crippen MR) is 119 cm³/mol. The standard InChI is InChI=1S/C25H38O5/c1-17(10-11-21-18(2)8-6-12-25(21,3)4)7-5-9-19(15-26)23-14-22(28)20(16-27)13-24(29)30-23/h7,13,22,26-28H,5-6,8-12,14-16H2,1-4H3. The van der Waals surface area contributed by atoms with E-state index in [0.717, 1.165) is 25.3 Å². The van der Waals surface area contributed by atoms with Gasteiger partial charge in [-0.2, -0.15) is 0 Å². The van der Waals surface area contributed by atoms with E-state index in [1.807, 2.05) is 0 Å². The lowest BCUT2D eigenvalue weighted by atomic mass is 9.71. The molecule has 5 heteroatoms. The second kappa shape index (κ2) is 11.1. The molecule has 0 aromatic carbocycles. The van der Waals surface area contributed by atoms with Crippen LogP contribution in [0.3, 0.4) is 0 Å². The van der Waals surface area contributed by atoms with Crippen LogP contribution in [0.15, 0.2) is 45.8 Å². The second-order valence-corrected chi connectivity index (χ2v) is 9.29. The van der Waals surface area contributed by atoms with Crippen LogP contribution in [-0.4, -0.2) is 40.6 Å². The summed E-state index contributed by atoms with van der Waals surface area (Å²) in [7, 11) is 0. The Balaban J connectivity index is 1.97. The summed E-state index contributed by atoms with van der Waals surface area (Å²) >= 11 is 0. The number of allylic oxidation sites excluding steroid dienone is 4. The molecule has 1 heterocycles. The third kappa shape index (κ3) is 6.66. The fourth-order valence-electron chi connectivity index (χ4n) is 4.56. The minimum Gasteiger partial charge on any atom is -0.428 e. The van der Waals surface area contributed by atoms with Crippen molar-refractivity contribution in [3.8, 4) is 0 Å². The largest absolute Gasteiger partial charge is 0.428 e. The number of carbonyl (C=O) groups is 1. The Kier molecular flexibility index (Phi) is 9.08. The summed E-state index contributed by atoms with van der Waals surface area (Å²) in [4.78, 5) is 11.9. The van der Waals surface area contributed by atoms with Gasteiger partial charge in [0, 0.05) is 12.5 Å². The lowest BCUT2D eigenvalue weighted by Crippen LogP contribution is -2.20. The first-order chi connectivity index (χ1) is 14.2. The van der Waals surface area contributed by atoms with E-state index < -0.39 is 18.7 Å². The average Bonchev–Trinajstić information content (AvgIpc) is 2.82. The van der Waals surface area contributed by atoms with Crippen molar-refractivity contribution in [3.63, 3.8) is 0 Å². The van der Waals surface area contributed by atoms with Crippen LogP contribution in [0.5, 0.6) is 0 Å². The van der Waals surface area contributed by atoms with Crippen LogP contribution in [-0.2, 0) is 9.53 Å². The summed E-state index contributed by atoms with van der Waals surface area (Å²) in [6.07, 6.45) is 9.58. The zero-order valence-corrected chi connectivity index (χ0v) is 19.0. The van der Waals surface area contributed by atoms with E-state index in [9.17, 15) is 20.1 Å². The van der Waals surface area contributed by atoms with E-state index in [1.165, 1.54) is 24.8 Å². The van der Waals surface area contributed by atoms with Crippen LogP contribution in [0.4, 0.5) is 0 Å². The molecule has 0 radical (unpaired) electrons. The lowest BCUT2D eigenvalue weighted by Gasteiger charge is -2.35. The molecule has 0 saturated heterocycles. The van der Waals surface area contributed by atoms with Gasteiger partial charge in [-0.3, -0.25) is 0 Å². The number of hydrogen-bond acceptors (Lipinski definition) is 5. The van der Waals surface area contributed by atoms with Gasteiger partial charge in [-0.25, -0.2) is 4.79 Å². The first-order valence-corrected chi connectivity index (χ1v) is 11.1. The number of aliphatic hydroxyl groups excluding tert-OH is 3. The summed E-state index contributed by atoms with van der Waals surface area (Å²) in [5.74, 6) is -0.312. The lowest BCUT2D eigenvalue weighted by molar-refractivity contribution is -0.134. The number of rotatable bonds is 8. The zero-order chi connectivity index (χ0) is 22.3. The van der Waals surface area contributed by atoms with Crippen molar-refractivity contribution in [2.75, 3.05) is 13.2 Å². The van der Waals surface area contributed by atoms with Gasteiger partial charge in [-0.1, -0.05) is 36.6 Å². The summed E-state index contributed by atoms with van der Waals surface area (Å²) in [5.41, 5.74) is 5.62. The van der Waals surface area contributed by atoms with Gasteiger partial charge in [0.2, 0.25) is 0 Å². The highest BCUT2D eigenvalue weighted by molar-refractivity contribution is 5.84. The average molecular weight is 419 g/mol. The molecular weight excluding hydrogens is 380 g/mol. The Bertz CT molecular complexity index is 752. The number of carbonyl (C=O) groups excluding carboxylic acids is 1. The number of ether oxygens (including phenoxy) is 1. The van der Waals surface area contributed by atoms with Crippen molar-refractivity contribution in [2.45, 2.75) is 85.2 Å². The minimum atomic E-state index is -0.981. The van der Waals surface area contributed by atoms with Crippen molar-refractivity contribution in [1.29, 1.82) is 0 Å². The second-order valence-electron chi connectivity index (χ2n) is 9.29. The maximum absolute atomic E-state index is 11.9. The van der Waals surface area contributed by atoms with Crippen LogP contribution in [0.25, 0.3) is 0 Å². The fraction of sp³-hybridized carbons (Fsp3) is 0.640. The van der Waals surface area contributed by atoms with Gasteiger partial charge in [0.25, 0.3) is 0 Å². The van der Waals surface area contributed by atoms with E-state index in [0.29, 0.717) is 23.2 Å². The van der Waals surface area contributed by atoms with Crippen molar-refractivity contribution >= 4 is 5.97 Å². The molecule has 0 saturated carbocycles. The van der Waals surface area contributed by atoms with E-state index in [2.05, 4.69) is 33.8 Å². The maximum atomic E-state index is 11.9. The topological polar surface area (TPSA) is 87.0 Å².